The number of nitrogens with one attached hydrogen (secondary N) is 3. The molecule has 0 saturated carbocycles. The molecule has 8 nitrogen and oxygen atoms in total. The molecule has 0 spiro atoms. The van der Waals surface area contributed by atoms with E-state index in [9.17, 15) is 4.79 Å². The molecular weight excluding hydrogens is 356 g/mol. The zero-order valence-corrected chi connectivity index (χ0v) is 17.3. The molecule has 152 valence electrons. The lowest BCUT2D eigenvalue weighted by atomic mass is 10.2. The highest BCUT2D eigenvalue weighted by Gasteiger charge is 2.09. The molecule has 8 heteroatoms. The normalized spacial score (nSPS) is 11.2. The summed E-state index contributed by atoms with van der Waals surface area (Å²) in [5.74, 6) is 1.33. The van der Waals surface area contributed by atoms with Gasteiger partial charge in [0.05, 0.1) is 18.8 Å². The zero-order chi connectivity index (χ0) is 20.5. The molecule has 28 heavy (non-hydrogen) atoms. The van der Waals surface area contributed by atoms with Gasteiger partial charge in [-0.3, -0.25) is 9.48 Å². The highest BCUT2D eigenvalue weighted by molar-refractivity contribution is 5.88. The minimum absolute atomic E-state index is 0.107. The summed E-state index contributed by atoms with van der Waals surface area (Å²) in [6.45, 7) is 9.97. The Morgan fingerprint density at radius 1 is 1.29 bits per heavy atom. The van der Waals surface area contributed by atoms with Gasteiger partial charge < -0.3 is 20.7 Å². The van der Waals surface area contributed by atoms with Crippen molar-refractivity contribution in [2.45, 2.75) is 34.2 Å². The topological polar surface area (TPSA) is 92.6 Å². The number of nitrogens with zero attached hydrogens (tertiary/aromatic N) is 3. The van der Waals surface area contributed by atoms with Crippen LogP contribution in [0.5, 0.6) is 5.75 Å². The molecule has 1 aromatic heterocycles. The Morgan fingerprint density at radius 2 is 2.07 bits per heavy atom. The lowest BCUT2D eigenvalue weighted by Gasteiger charge is -2.13. The maximum Gasteiger partial charge on any atom is 0.221 e. The molecule has 0 saturated heterocycles. The van der Waals surface area contributed by atoms with E-state index in [2.05, 4.69) is 26.0 Å². The van der Waals surface area contributed by atoms with E-state index >= 15 is 0 Å². The Hall–Kier alpha value is -3.03. The first-order valence-corrected chi connectivity index (χ1v) is 9.42. The van der Waals surface area contributed by atoms with Crippen LogP contribution in [-0.4, -0.2) is 41.3 Å². The van der Waals surface area contributed by atoms with Crippen molar-refractivity contribution in [2.75, 3.05) is 25.0 Å². The highest BCUT2D eigenvalue weighted by Crippen LogP contribution is 2.17. The first kappa shape index (κ1) is 21.3. The van der Waals surface area contributed by atoms with E-state index in [1.165, 1.54) is 6.92 Å². The fraction of sp³-hybridized carbons (Fsp3) is 0.450. The Bertz CT molecular complexity index is 828. The summed E-state index contributed by atoms with van der Waals surface area (Å²) in [5.41, 5.74) is 3.99. The monoisotopic (exact) mass is 386 g/mol. The number of benzene rings is 1. The lowest BCUT2D eigenvalue weighted by molar-refractivity contribution is -0.114. The van der Waals surface area contributed by atoms with Crippen LogP contribution in [0.1, 0.15) is 30.8 Å². The van der Waals surface area contributed by atoms with Gasteiger partial charge in [-0.2, -0.15) is 5.10 Å². The van der Waals surface area contributed by atoms with Gasteiger partial charge in [0.1, 0.15) is 12.4 Å². The van der Waals surface area contributed by atoms with Crippen molar-refractivity contribution < 1.29 is 9.53 Å². The van der Waals surface area contributed by atoms with Crippen LogP contribution in [0.25, 0.3) is 0 Å². The summed E-state index contributed by atoms with van der Waals surface area (Å²) in [5, 5.41) is 13.7. The largest absolute Gasteiger partial charge is 0.492 e. The third-order valence-corrected chi connectivity index (χ3v) is 4.22. The van der Waals surface area contributed by atoms with Crippen LogP contribution < -0.4 is 20.7 Å². The molecule has 1 heterocycles. The molecule has 3 N–H and O–H groups in total. The number of ether oxygens (including phenoxy) is 1. The van der Waals surface area contributed by atoms with Crippen LogP contribution in [-0.2, 0) is 18.4 Å². The average molecular weight is 387 g/mol. The van der Waals surface area contributed by atoms with Gasteiger partial charge in [-0.25, -0.2) is 4.99 Å². The van der Waals surface area contributed by atoms with Crippen molar-refractivity contribution in [3.8, 4) is 5.75 Å². The summed E-state index contributed by atoms with van der Waals surface area (Å²) in [7, 11) is 1.94. The Labute approximate surface area is 166 Å². The van der Waals surface area contributed by atoms with Crippen LogP contribution in [0.4, 0.5) is 5.69 Å². The molecule has 0 bridgehead atoms. The maximum atomic E-state index is 11.1. The Morgan fingerprint density at radius 3 is 2.71 bits per heavy atom. The van der Waals surface area contributed by atoms with Crippen molar-refractivity contribution in [1.82, 2.24) is 20.4 Å². The van der Waals surface area contributed by atoms with Gasteiger partial charge in [-0.05, 0) is 32.9 Å². The number of amides is 1. The second kappa shape index (κ2) is 10.3. The number of anilines is 1. The molecule has 0 radical (unpaired) electrons. The van der Waals surface area contributed by atoms with Gasteiger partial charge in [0, 0.05) is 43.5 Å². The summed E-state index contributed by atoms with van der Waals surface area (Å²) in [6, 6.07) is 7.33. The number of rotatable bonds is 8. The van der Waals surface area contributed by atoms with Crippen LogP contribution in [0.3, 0.4) is 0 Å². The summed E-state index contributed by atoms with van der Waals surface area (Å²) in [4.78, 5) is 15.8. The van der Waals surface area contributed by atoms with E-state index < -0.39 is 0 Å². The molecular formula is C20H30N6O2. The third-order valence-electron chi connectivity index (χ3n) is 4.22. The van der Waals surface area contributed by atoms with E-state index in [-0.39, 0.29) is 5.91 Å². The number of aliphatic imine (C=N–C) groups is 1. The summed E-state index contributed by atoms with van der Waals surface area (Å²) >= 11 is 0. The smallest absolute Gasteiger partial charge is 0.221 e. The van der Waals surface area contributed by atoms with Gasteiger partial charge in [-0.1, -0.05) is 6.07 Å². The number of aromatic nitrogens is 2. The predicted octanol–water partition coefficient (Wildman–Crippen LogP) is 2.13. The Kier molecular flexibility index (Phi) is 7.86. The van der Waals surface area contributed by atoms with Crippen molar-refractivity contribution in [1.29, 1.82) is 0 Å². The average Bonchev–Trinajstić information content (AvgIpc) is 2.88. The molecule has 2 aromatic rings. The fourth-order valence-electron chi connectivity index (χ4n) is 2.75. The second-order valence-corrected chi connectivity index (χ2v) is 6.45. The number of carbonyl (C=O) groups is 1. The van der Waals surface area contributed by atoms with Gasteiger partial charge >= 0.3 is 0 Å². The molecule has 1 amide bonds. The standard InChI is InChI=1S/C20H30N6O2/c1-6-21-20(23-13-19-14(2)25-26(5)15(19)3)22-10-11-28-18-9-7-8-17(12-18)24-16(4)27/h7-9,12H,6,10-11,13H2,1-5H3,(H,24,27)(H2,21,22,23). The maximum absolute atomic E-state index is 11.1. The van der Waals surface area contributed by atoms with Gasteiger partial charge in [0.25, 0.3) is 0 Å². The summed E-state index contributed by atoms with van der Waals surface area (Å²) < 4.78 is 7.63. The van der Waals surface area contributed by atoms with Crippen molar-refractivity contribution in [3.05, 3.63) is 41.2 Å². The second-order valence-electron chi connectivity index (χ2n) is 6.45. The van der Waals surface area contributed by atoms with Gasteiger partial charge in [-0.15, -0.1) is 0 Å². The highest BCUT2D eigenvalue weighted by atomic mass is 16.5. The lowest BCUT2D eigenvalue weighted by Crippen LogP contribution is -2.39. The van der Waals surface area contributed by atoms with Crippen molar-refractivity contribution in [2.24, 2.45) is 12.0 Å². The Balaban J connectivity index is 1.87. The van der Waals surface area contributed by atoms with E-state index in [0.717, 1.165) is 35.1 Å². The quantitative estimate of drug-likeness (QED) is 0.367. The molecule has 0 unspecified atom stereocenters. The van der Waals surface area contributed by atoms with E-state index in [1.54, 1.807) is 6.07 Å². The number of hydrogen-bond donors (Lipinski definition) is 3. The molecule has 0 aliphatic heterocycles. The van der Waals surface area contributed by atoms with Crippen LogP contribution in [0.2, 0.25) is 0 Å². The SMILES string of the molecule is CCNC(=NCc1c(C)nn(C)c1C)NCCOc1cccc(NC(C)=O)c1. The molecule has 1 aromatic carbocycles. The van der Waals surface area contributed by atoms with Crippen LogP contribution in [0, 0.1) is 13.8 Å². The minimum Gasteiger partial charge on any atom is -0.492 e. The number of carbonyl (C=O) groups excluding carboxylic acids is 1. The van der Waals surface area contributed by atoms with Gasteiger partial charge in [0.2, 0.25) is 5.91 Å². The minimum atomic E-state index is -0.107. The molecule has 0 atom stereocenters. The van der Waals surface area contributed by atoms with Crippen LogP contribution >= 0.6 is 0 Å². The number of guanidine groups is 1. The van der Waals surface area contributed by atoms with Crippen LogP contribution in [0.15, 0.2) is 29.3 Å². The molecule has 0 aliphatic rings. The van der Waals surface area contributed by atoms with E-state index in [1.807, 2.05) is 50.7 Å². The first-order chi connectivity index (χ1) is 13.4. The molecule has 0 fully saturated rings. The van der Waals surface area contributed by atoms with Gasteiger partial charge in [0.15, 0.2) is 5.96 Å². The molecule has 0 aliphatic carbocycles. The number of hydrogen-bond acceptors (Lipinski definition) is 4. The molecule has 2 rings (SSSR count). The number of aryl methyl sites for hydroxylation is 2. The predicted molar refractivity (Wildman–Crippen MR) is 112 cm³/mol. The van der Waals surface area contributed by atoms with Crippen molar-refractivity contribution >= 4 is 17.6 Å². The van der Waals surface area contributed by atoms with E-state index in [0.29, 0.717) is 25.4 Å². The summed E-state index contributed by atoms with van der Waals surface area (Å²) in [6.07, 6.45) is 0. The fourth-order valence-corrected chi connectivity index (χ4v) is 2.75. The third kappa shape index (κ3) is 6.29. The van der Waals surface area contributed by atoms with Crippen molar-refractivity contribution in [3.63, 3.8) is 0 Å². The zero-order valence-electron chi connectivity index (χ0n) is 17.3. The van der Waals surface area contributed by atoms with E-state index in [4.69, 9.17) is 4.74 Å². The first-order valence-electron chi connectivity index (χ1n) is 9.42.